The minimum Gasteiger partial charge on any atom is -0.374 e. The van der Waals surface area contributed by atoms with Crippen LogP contribution < -0.4 is 0 Å². The third-order valence-corrected chi connectivity index (χ3v) is 7.24. The van der Waals surface area contributed by atoms with E-state index in [9.17, 15) is 14.4 Å². The Morgan fingerprint density at radius 1 is 1.09 bits per heavy atom. The number of likely N-dealkylation sites (tertiary alicyclic amines) is 1. The normalized spacial score (nSPS) is 21.9. The van der Waals surface area contributed by atoms with Crippen LogP contribution in [0.4, 0.5) is 0 Å². The van der Waals surface area contributed by atoms with Gasteiger partial charge in [-0.3, -0.25) is 14.4 Å². The van der Waals surface area contributed by atoms with Crippen LogP contribution in [-0.4, -0.2) is 90.7 Å². The molecule has 3 aliphatic rings. The Morgan fingerprint density at radius 2 is 1.88 bits per heavy atom. The maximum Gasteiger partial charge on any atom is 0.255 e. The average molecular weight is 460 g/mol. The van der Waals surface area contributed by atoms with E-state index in [4.69, 9.17) is 4.74 Å². The maximum absolute atomic E-state index is 13.3. The Hall–Kier alpha value is -2.06. The van der Waals surface area contributed by atoms with Crippen molar-refractivity contribution < 1.29 is 19.1 Å². The highest BCUT2D eigenvalue weighted by Crippen LogP contribution is 2.29. The van der Waals surface area contributed by atoms with Crippen LogP contribution in [0.5, 0.6) is 0 Å². The number of thioether (sulfide) groups is 1. The summed E-state index contributed by atoms with van der Waals surface area (Å²) in [5.74, 6) is 0.658. The molecule has 1 aliphatic carbocycles. The van der Waals surface area contributed by atoms with E-state index in [-0.39, 0.29) is 30.4 Å². The van der Waals surface area contributed by atoms with Crippen LogP contribution in [0.15, 0.2) is 29.2 Å². The first-order valence-electron chi connectivity index (χ1n) is 11.6. The maximum atomic E-state index is 13.3. The molecule has 1 saturated carbocycles. The van der Waals surface area contributed by atoms with E-state index in [1.54, 1.807) is 4.90 Å². The van der Waals surface area contributed by atoms with Gasteiger partial charge in [-0.1, -0.05) is 12.1 Å². The smallest absolute Gasteiger partial charge is 0.255 e. The molecule has 8 heteroatoms. The van der Waals surface area contributed by atoms with Crippen LogP contribution in [0.3, 0.4) is 0 Å². The lowest BCUT2D eigenvalue weighted by Gasteiger charge is -2.25. The van der Waals surface area contributed by atoms with E-state index in [1.165, 1.54) is 24.6 Å². The van der Waals surface area contributed by atoms with Gasteiger partial charge in [0.1, 0.15) is 6.54 Å². The fourth-order valence-corrected chi connectivity index (χ4v) is 4.99. The Labute approximate surface area is 194 Å². The van der Waals surface area contributed by atoms with Gasteiger partial charge in [-0.05, 0) is 50.0 Å². The number of hydrogen-bond donors (Lipinski definition) is 0. The van der Waals surface area contributed by atoms with E-state index < -0.39 is 0 Å². The van der Waals surface area contributed by atoms with E-state index in [2.05, 4.69) is 0 Å². The van der Waals surface area contributed by atoms with Crippen LogP contribution in [0, 0.1) is 5.92 Å². The molecule has 2 heterocycles. The van der Waals surface area contributed by atoms with Crippen molar-refractivity contribution in [2.24, 2.45) is 5.92 Å². The molecule has 0 aromatic heterocycles. The van der Waals surface area contributed by atoms with Crippen molar-refractivity contribution in [3.8, 4) is 0 Å². The van der Waals surface area contributed by atoms with Gasteiger partial charge < -0.3 is 19.4 Å². The molecule has 3 amide bonds. The molecule has 0 spiro atoms. The second-order valence-corrected chi connectivity index (χ2v) is 9.81. The van der Waals surface area contributed by atoms with Gasteiger partial charge in [0.15, 0.2) is 0 Å². The quantitative estimate of drug-likeness (QED) is 0.531. The van der Waals surface area contributed by atoms with E-state index in [0.29, 0.717) is 50.7 Å². The molecule has 3 fully saturated rings. The van der Waals surface area contributed by atoms with Crippen LogP contribution in [0.25, 0.3) is 0 Å². The molecule has 32 heavy (non-hydrogen) atoms. The van der Waals surface area contributed by atoms with Gasteiger partial charge in [0.2, 0.25) is 11.8 Å². The zero-order chi connectivity index (χ0) is 22.5. The molecular weight excluding hydrogens is 426 g/mol. The number of rotatable bonds is 9. The third kappa shape index (κ3) is 5.84. The molecule has 0 unspecified atom stereocenters. The number of amides is 3. The molecule has 1 aromatic rings. The standard InChI is InChI=1S/C24H33N3O4S/c1-32-21-7-3-2-6-20(21)24(30)27-15-19(31-17-18-9-10-18)14-26(23(29)16-27)13-5-12-25-11-4-8-22(25)28/h2-3,6-7,18-19H,4-5,8-17H2,1H3/t19-/m1/s1. The largest absolute Gasteiger partial charge is 0.374 e. The van der Waals surface area contributed by atoms with Crippen molar-refractivity contribution in [2.75, 3.05) is 52.1 Å². The first-order valence-corrected chi connectivity index (χ1v) is 12.9. The van der Waals surface area contributed by atoms with Gasteiger partial charge >= 0.3 is 0 Å². The predicted octanol–water partition coefficient (Wildman–Crippen LogP) is 2.50. The molecule has 2 saturated heterocycles. The molecule has 0 radical (unpaired) electrons. The van der Waals surface area contributed by atoms with Crippen LogP contribution >= 0.6 is 11.8 Å². The number of carbonyl (C=O) groups is 3. The second kappa shape index (κ2) is 10.7. The summed E-state index contributed by atoms with van der Waals surface area (Å²) in [5.41, 5.74) is 0.634. The highest BCUT2D eigenvalue weighted by atomic mass is 32.2. The average Bonchev–Trinajstić information content (AvgIpc) is 3.57. The van der Waals surface area contributed by atoms with Crippen molar-refractivity contribution in [1.29, 1.82) is 0 Å². The van der Waals surface area contributed by atoms with Crippen molar-refractivity contribution in [2.45, 2.75) is 43.1 Å². The molecule has 1 atom stereocenters. The monoisotopic (exact) mass is 459 g/mol. The fourth-order valence-electron chi connectivity index (χ4n) is 4.40. The lowest BCUT2D eigenvalue weighted by atomic mass is 10.2. The summed E-state index contributed by atoms with van der Waals surface area (Å²) in [7, 11) is 0. The van der Waals surface area contributed by atoms with Crippen molar-refractivity contribution in [3.63, 3.8) is 0 Å². The lowest BCUT2D eigenvalue weighted by molar-refractivity contribution is -0.131. The number of nitrogens with zero attached hydrogens (tertiary/aromatic N) is 3. The summed E-state index contributed by atoms with van der Waals surface area (Å²) in [4.78, 5) is 44.6. The molecule has 174 valence electrons. The molecule has 4 rings (SSSR count). The van der Waals surface area contributed by atoms with Crippen molar-refractivity contribution in [3.05, 3.63) is 29.8 Å². The van der Waals surface area contributed by atoms with Gasteiger partial charge in [-0.2, -0.15) is 0 Å². The van der Waals surface area contributed by atoms with Gasteiger partial charge in [-0.15, -0.1) is 11.8 Å². The zero-order valence-electron chi connectivity index (χ0n) is 18.8. The van der Waals surface area contributed by atoms with E-state index in [0.717, 1.165) is 24.3 Å². The van der Waals surface area contributed by atoms with E-state index in [1.807, 2.05) is 40.3 Å². The Kier molecular flexibility index (Phi) is 7.73. The first-order chi connectivity index (χ1) is 15.5. The van der Waals surface area contributed by atoms with Gasteiger partial charge in [0, 0.05) is 50.6 Å². The molecule has 2 aliphatic heterocycles. The summed E-state index contributed by atoms with van der Waals surface area (Å²) in [6.45, 7) is 3.74. The summed E-state index contributed by atoms with van der Waals surface area (Å²) in [5, 5.41) is 0. The minimum absolute atomic E-state index is 0.0507. The van der Waals surface area contributed by atoms with Crippen molar-refractivity contribution in [1.82, 2.24) is 14.7 Å². The van der Waals surface area contributed by atoms with Crippen LogP contribution in [-0.2, 0) is 14.3 Å². The minimum atomic E-state index is -0.194. The SMILES string of the molecule is CSc1ccccc1C(=O)N1CC(=O)N(CCCN2CCCC2=O)C[C@@H](OCC2CC2)C1. The predicted molar refractivity (Wildman–Crippen MR) is 124 cm³/mol. The Balaban J connectivity index is 1.42. The number of benzene rings is 1. The first kappa shape index (κ1) is 23.1. The summed E-state index contributed by atoms with van der Waals surface area (Å²) >= 11 is 1.53. The summed E-state index contributed by atoms with van der Waals surface area (Å²) < 4.78 is 6.18. The molecule has 0 bridgehead atoms. The molecule has 1 aromatic carbocycles. The lowest BCUT2D eigenvalue weighted by Crippen LogP contribution is -2.40. The van der Waals surface area contributed by atoms with Crippen LogP contribution in [0.2, 0.25) is 0 Å². The van der Waals surface area contributed by atoms with E-state index >= 15 is 0 Å². The topological polar surface area (TPSA) is 70.2 Å². The Bertz CT molecular complexity index is 844. The fraction of sp³-hybridized carbons (Fsp3) is 0.625. The second-order valence-electron chi connectivity index (χ2n) is 8.96. The third-order valence-electron chi connectivity index (χ3n) is 6.44. The van der Waals surface area contributed by atoms with Crippen LogP contribution in [0.1, 0.15) is 42.5 Å². The summed E-state index contributed by atoms with van der Waals surface area (Å²) in [6.07, 6.45) is 6.46. The zero-order valence-corrected chi connectivity index (χ0v) is 19.6. The molecule has 7 nitrogen and oxygen atoms in total. The highest BCUT2D eigenvalue weighted by molar-refractivity contribution is 7.98. The summed E-state index contributed by atoms with van der Waals surface area (Å²) in [6, 6.07) is 7.54. The van der Waals surface area contributed by atoms with Gasteiger partial charge in [-0.25, -0.2) is 0 Å². The molecule has 0 N–H and O–H groups in total. The number of carbonyl (C=O) groups excluding carboxylic acids is 3. The highest BCUT2D eigenvalue weighted by Gasteiger charge is 2.33. The number of hydrogen-bond acceptors (Lipinski definition) is 5. The van der Waals surface area contributed by atoms with Gasteiger partial charge in [0.25, 0.3) is 5.91 Å². The van der Waals surface area contributed by atoms with Crippen molar-refractivity contribution >= 4 is 29.5 Å². The van der Waals surface area contributed by atoms with Gasteiger partial charge in [0.05, 0.1) is 11.7 Å². The Morgan fingerprint density at radius 3 is 2.59 bits per heavy atom. The molecular formula is C24H33N3O4S. The number of ether oxygens (including phenoxy) is 1.